The van der Waals surface area contributed by atoms with Crippen molar-refractivity contribution in [1.82, 2.24) is 0 Å². The van der Waals surface area contributed by atoms with Gasteiger partial charge in [-0.1, -0.05) is 56.5 Å². The van der Waals surface area contributed by atoms with Crippen molar-refractivity contribution in [2.24, 2.45) is 17.8 Å². The van der Waals surface area contributed by atoms with Crippen molar-refractivity contribution in [3.05, 3.63) is 0 Å². The van der Waals surface area contributed by atoms with E-state index in [1.54, 1.807) is 0 Å². The Bertz CT molecular complexity index is 110. The molecule has 0 aliphatic carbocycles. The normalized spacial score (nSPS) is 16.2. The number of hydrogen-bond donors (Lipinski definition) is 0. The van der Waals surface area contributed by atoms with Gasteiger partial charge in [-0.2, -0.15) is 0 Å². The summed E-state index contributed by atoms with van der Waals surface area (Å²) in [4.78, 5) is 0. The van der Waals surface area contributed by atoms with E-state index >= 15 is 0 Å². The van der Waals surface area contributed by atoms with E-state index < -0.39 is 0 Å². The fourth-order valence-corrected chi connectivity index (χ4v) is 2.60. The van der Waals surface area contributed by atoms with Crippen molar-refractivity contribution < 1.29 is 0 Å². The molecule has 2 atom stereocenters. The van der Waals surface area contributed by atoms with Gasteiger partial charge in [-0.15, -0.1) is 0 Å². The second-order valence-electron chi connectivity index (χ2n) is 4.78. The Morgan fingerprint density at radius 3 is 2.08 bits per heavy atom. The van der Waals surface area contributed by atoms with E-state index in [-0.39, 0.29) is 0 Å². The molecule has 0 saturated heterocycles. The number of alkyl halides is 1. The Balaban J connectivity index is 3.69. The van der Waals surface area contributed by atoms with Crippen LogP contribution in [0.1, 0.15) is 53.4 Å². The first-order valence-electron chi connectivity index (χ1n) is 5.66. The molecule has 0 aromatic rings. The van der Waals surface area contributed by atoms with Crippen LogP contribution >= 0.6 is 15.9 Å². The lowest BCUT2D eigenvalue weighted by Crippen LogP contribution is -2.10. The van der Waals surface area contributed by atoms with Crippen molar-refractivity contribution >= 4 is 15.9 Å². The SMILES string of the molecule is CCCC(C)CC(CBr)CC(C)C. The third-order valence-corrected chi connectivity index (χ3v) is 3.46. The average Bonchev–Trinajstić information content (AvgIpc) is 2.02. The van der Waals surface area contributed by atoms with Crippen LogP contribution in [0, 0.1) is 17.8 Å². The Kier molecular flexibility index (Phi) is 8.13. The summed E-state index contributed by atoms with van der Waals surface area (Å²) in [5, 5.41) is 1.18. The van der Waals surface area contributed by atoms with Crippen LogP contribution < -0.4 is 0 Å². The summed E-state index contributed by atoms with van der Waals surface area (Å²) in [5.41, 5.74) is 0. The zero-order valence-electron chi connectivity index (χ0n) is 9.65. The molecule has 0 amide bonds. The largest absolute Gasteiger partial charge is 0.0925 e. The van der Waals surface area contributed by atoms with Gasteiger partial charge in [0.2, 0.25) is 0 Å². The Labute approximate surface area is 92.6 Å². The first-order valence-corrected chi connectivity index (χ1v) is 6.78. The number of hydrogen-bond acceptors (Lipinski definition) is 0. The van der Waals surface area contributed by atoms with Gasteiger partial charge in [0.25, 0.3) is 0 Å². The van der Waals surface area contributed by atoms with E-state index in [2.05, 4.69) is 43.6 Å². The lowest BCUT2D eigenvalue weighted by Gasteiger charge is -2.20. The van der Waals surface area contributed by atoms with Crippen molar-refractivity contribution in [3.63, 3.8) is 0 Å². The smallest absolute Gasteiger partial charge is 0.00598 e. The minimum absolute atomic E-state index is 0.844. The van der Waals surface area contributed by atoms with Crippen molar-refractivity contribution in [2.45, 2.75) is 53.4 Å². The minimum Gasteiger partial charge on any atom is -0.0925 e. The van der Waals surface area contributed by atoms with E-state index in [1.165, 1.54) is 31.0 Å². The molecule has 80 valence electrons. The Morgan fingerprint density at radius 2 is 1.69 bits per heavy atom. The van der Waals surface area contributed by atoms with Crippen LogP contribution in [0.4, 0.5) is 0 Å². The van der Waals surface area contributed by atoms with Gasteiger partial charge in [0, 0.05) is 5.33 Å². The molecule has 0 N–H and O–H groups in total. The van der Waals surface area contributed by atoms with Gasteiger partial charge in [-0.05, 0) is 30.6 Å². The first-order chi connectivity index (χ1) is 6.10. The van der Waals surface area contributed by atoms with E-state index in [4.69, 9.17) is 0 Å². The second kappa shape index (κ2) is 7.84. The summed E-state index contributed by atoms with van der Waals surface area (Å²) in [7, 11) is 0. The van der Waals surface area contributed by atoms with Crippen molar-refractivity contribution in [1.29, 1.82) is 0 Å². The van der Waals surface area contributed by atoms with Crippen LogP contribution in [0.2, 0.25) is 0 Å². The molecule has 0 nitrogen and oxygen atoms in total. The third-order valence-electron chi connectivity index (χ3n) is 2.54. The fourth-order valence-electron chi connectivity index (χ4n) is 2.07. The van der Waals surface area contributed by atoms with Gasteiger partial charge < -0.3 is 0 Å². The van der Waals surface area contributed by atoms with Gasteiger partial charge in [0.1, 0.15) is 0 Å². The molecule has 0 aliphatic rings. The van der Waals surface area contributed by atoms with Crippen molar-refractivity contribution in [2.75, 3.05) is 5.33 Å². The van der Waals surface area contributed by atoms with Crippen molar-refractivity contribution in [3.8, 4) is 0 Å². The zero-order valence-corrected chi connectivity index (χ0v) is 11.2. The maximum atomic E-state index is 3.62. The topological polar surface area (TPSA) is 0 Å². The summed E-state index contributed by atoms with van der Waals surface area (Å²) < 4.78 is 0. The highest BCUT2D eigenvalue weighted by atomic mass is 79.9. The summed E-state index contributed by atoms with van der Waals surface area (Å²) in [6.07, 6.45) is 5.50. The van der Waals surface area contributed by atoms with Gasteiger partial charge in [-0.25, -0.2) is 0 Å². The van der Waals surface area contributed by atoms with Gasteiger partial charge >= 0.3 is 0 Å². The predicted molar refractivity (Wildman–Crippen MR) is 65.4 cm³/mol. The lowest BCUT2D eigenvalue weighted by molar-refractivity contribution is 0.348. The molecule has 1 heteroatoms. The molecule has 0 bridgehead atoms. The first kappa shape index (κ1) is 13.5. The molecule has 0 saturated carbocycles. The molecule has 0 aliphatic heterocycles. The lowest BCUT2D eigenvalue weighted by atomic mass is 9.88. The summed E-state index contributed by atoms with van der Waals surface area (Å²) in [6.45, 7) is 9.31. The van der Waals surface area contributed by atoms with E-state index in [0.717, 1.165) is 17.8 Å². The molecule has 0 fully saturated rings. The van der Waals surface area contributed by atoms with Gasteiger partial charge in [-0.3, -0.25) is 0 Å². The Morgan fingerprint density at radius 1 is 1.08 bits per heavy atom. The van der Waals surface area contributed by atoms with E-state index in [0.29, 0.717) is 0 Å². The summed E-state index contributed by atoms with van der Waals surface area (Å²) in [5.74, 6) is 2.64. The molecule has 0 spiro atoms. The predicted octanol–water partition coefficient (Wildman–Crippen LogP) is 4.87. The van der Waals surface area contributed by atoms with Crippen LogP contribution in [0.3, 0.4) is 0 Å². The molecular formula is C12H25Br. The maximum absolute atomic E-state index is 3.62. The van der Waals surface area contributed by atoms with Crippen LogP contribution in [0.5, 0.6) is 0 Å². The molecule has 13 heavy (non-hydrogen) atoms. The molecule has 0 rings (SSSR count). The average molecular weight is 249 g/mol. The highest BCUT2D eigenvalue weighted by Crippen LogP contribution is 2.24. The molecular weight excluding hydrogens is 224 g/mol. The third kappa shape index (κ3) is 7.54. The maximum Gasteiger partial charge on any atom is 0.00598 e. The zero-order chi connectivity index (χ0) is 10.3. The standard InChI is InChI=1S/C12H25Br/c1-5-6-11(4)8-12(9-13)7-10(2)3/h10-12H,5-9H2,1-4H3. The summed E-state index contributed by atoms with van der Waals surface area (Å²) >= 11 is 3.62. The van der Waals surface area contributed by atoms with Gasteiger partial charge in [0.05, 0.1) is 0 Å². The molecule has 0 aromatic heterocycles. The van der Waals surface area contributed by atoms with Crippen LogP contribution in [0.25, 0.3) is 0 Å². The molecule has 0 aromatic carbocycles. The summed E-state index contributed by atoms with van der Waals surface area (Å²) in [6, 6.07) is 0. The Hall–Kier alpha value is 0.480. The highest BCUT2D eigenvalue weighted by Gasteiger charge is 2.12. The molecule has 2 unspecified atom stereocenters. The monoisotopic (exact) mass is 248 g/mol. The number of rotatable bonds is 7. The van der Waals surface area contributed by atoms with Crippen LogP contribution in [0.15, 0.2) is 0 Å². The molecule has 0 heterocycles. The van der Waals surface area contributed by atoms with Crippen LogP contribution in [-0.4, -0.2) is 5.33 Å². The highest BCUT2D eigenvalue weighted by molar-refractivity contribution is 9.09. The van der Waals surface area contributed by atoms with Crippen LogP contribution in [-0.2, 0) is 0 Å². The number of halogens is 1. The fraction of sp³-hybridized carbons (Fsp3) is 1.00. The second-order valence-corrected chi connectivity index (χ2v) is 5.43. The minimum atomic E-state index is 0.844. The van der Waals surface area contributed by atoms with E-state index in [9.17, 15) is 0 Å². The molecule has 0 radical (unpaired) electrons. The van der Waals surface area contributed by atoms with E-state index in [1.807, 2.05) is 0 Å². The van der Waals surface area contributed by atoms with Gasteiger partial charge in [0.15, 0.2) is 0 Å². The quantitative estimate of drug-likeness (QED) is 0.565.